The molecule has 1 aliphatic rings. The Morgan fingerprint density at radius 2 is 1.84 bits per heavy atom. The van der Waals surface area contributed by atoms with E-state index in [1.165, 1.54) is 5.56 Å². The zero-order valence-corrected chi connectivity index (χ0v) is 20.5. The normalized spacial score (nSPS) is 18.2. The highest BCUT2D eigenvalue weighted by Gasteiger charge is 2.33. The van der Waals surface area contributed by atoms with Gasteiger partial charge in [-0.15, -0.1) is 0 Å². The summed E-state index contributed by atoms with van der Waals surface area (Å²) >= 11 is 6.41. The van der Waals surface area contributed by atoms with E-state index in [-0.39, 0.29) is 30.1 Å². The number of para-hydroxylation sites is 1. The van der Waals surface area contributed by atoms with E-state index < -0.39 is 0 Å². The number of benzene rings is 2. The van der Waals surface area contributed by atoms with Crippen molar-refractivity contribution in [2.45, 2.75) is 58.6 Å². The molecule has 2 aromatic carbocycles. The van der Waals surface area contributed by atoms with E-state index in [1.807, 2.05) is 37.3 Å². The standard InChI is InChI=1S/C26H35ClN2O3/c1-6-10-19-20-11-8-9-12-23(20)31-24-14-13-18(27)15-21(24)22(19)16-28-25(17(3)4)32-26(30)29(5)7-2/h8-9,11-15,17,19,22,25,28H,6-7,10,16H2,1-5H3. The van der Waals surface area contributed by atoms with Crippen molar-refractivity contribution in [2.24, 2.45) is 5.92 Å². The number of fused-ring (bicyclic) bond motifs is 2. The highest BCUT2D eigenvalue weighted by molar-refractivity contribution is 6.30. The number of hydrogen-bond acceptors (Lipinski definition) is 4. The average Bonchev–Trinajstić information content (AvgIpc) is 2.90. The topological polar surface area (TPSA) is 50.8 Å². The zero-order valence-electron chi connectivity index (χ0n) is 19.7. The van der Waals surface area contributed by atoms with Crippen molar-refractivity contribution in [1.82, 2.24) is 10.2 Å². The van der Waals surface area contributed by atoms with Gasteiger partial charge in [0.1, 0.15) is 11.5 Å². The summed E-state index contributed by atoms with van der Waals surface area (Å²) in [5.41, 5.74) is 2.29. The predicted molar refractivity (Wildman–Crippen MR) is 130 cm³/mol. The van der Waals surface area contributed by atoms with Gasteiger partial charge in [0, 0.05) is 42.6 Å². The Bertz CT molecular complexity index is 918. The van der Waals surface area contributed by atoms with Crippen LogP contribution in [0.4, 0.5) is 4.79 Å². The smallest absolute Gasteiger partial charge is 0.411 e. The van der Waals surface area contributed by atoms with Gasteiger partial charge in [-0.05, 0) is 49.1 Å². The van der Waals surface area contributed by atoms with Crippen LogP contribution in [0.25, 0.3) is 0 Å². The van der Waals surface area contributed by atoms with Crippen molar-refractivity contribution >= 4 is 17.7 Å². The van der Waals surface area contributed by atoms with Crippen LogP contribution in [0.3, 0.4) is 0 Å². The van der Waals surface area contributed by atoms with E-state index >= 15 is 0 Å². The molecule has 0 aromatic heterocycles. The summed E-state index contributed by atoms with van der Waals surface area (Å²) in [6, 6.07) is 14.1. The van der Waals surface area contributed by atoms with Gasteiger partial charge in [-0.25, -0.2) is 4.79 Å². The van der Waals surface area contributed by atoms with Crippen molar-refractivity contribution in [3.63, 3.8) is 0 Å². The number of nitrogens with one attached hydrogen (secondary N) is 1. The first-order valence-corrected chi connectivity index (χ1v) is 11.9. The van der Waals surface area contributed by atoms with Crippen LogP contribution in [0.2, 0.25) is 5.02 Å². The first kappa shape index (κ1) is 24.4. The van der Waals surface area contributed by atoms with E-state index in [2.05, 4.69) is 38.2 Å². The largest absolute Gasteiger partial charge is 0.457 e. The number of carbonyl (C=O) groups is 1. The van der Waals surface area contributed by atoms with E-state index in [0.29, 0.717) is 18.1 Å². The molecular formula is C26H35ClN2O3. The molecule has 3 unspecified atom stereocenters. The number of halogens is 1. The molecule has 174 valence electrons. The number of amides is 1. The Morgan fingerprint density at radius 3 is 2.53 bits per heavy atom. The fourth-order valence-corrected chi connectivity index (χ4v) is 4.42. The third-order valence-corrected chi connectivity index (χ3v) is 6.39. The summed E-state index contributed by atoms with van der Waals surface area (Å²) in [7, 11) is 1.74. The SMILES string of the molecule is CCCC1c2ccccc2Oc2ccc(Cl)cc2C1CNC(OC(=O)N(C)CC)C(C)C. The molecule has 3 atom stereocenters. The second kappa shape index (κ2) is 11.1. The lowest BCUT2D eigenvalue weighted by molar-refractivity contribution is 0.0283. The van der Waals surface area contributed by atoms with E-state index in [0.717, 1.165) is 29.9 Å². The summed E-state index contributed by atoms with van der Waals surface area (Å²) in [6.45, 7) is 9.48. The molecule has 3 rings (SSSR count). The summed E-state index contributed by atoms with van der Waals surface area (Å²) in [4.78, 5) is 14.0. The van der Waals surface area contributed by atoms with Crippen molar-refractivity contribution in [1.29, 1.82) is 0 Å². The Kier molecular flexibility index (Phi) is 8.44. The predicted octanol–water partition coefficient (Wildman–Crippen LogP) is 6.77. The summed E-state index contributed by atoms with van der Waals surface area (Å²) in [5.74, 6) is 2.23. The summed E-state index contributed by atoms with van der Waals surface area (Å²) in [6.07, 6.45) is 1.36. The molecule has 0 aliphatic carbocycles. The van der Waals surface area contributed by atoms with Crippen LogP contribution in [0.1, 0.15) is 63.5 Å². The number of ether oxygens (including phenoxy) is 2. The maximum atomic E-state index is 12.4. The first-order chi connectivity index (χ1) is 15.3. The minimum atomic E-state index is -0.388. The van der Waals surface area contributed by atoms with Gasteiger partial charge in [0.15, 0.2) is 6.23 Å². The summed E-state index contributed by atoms with van der Waals surface area (Å²) < 4.78 is 12.1. The lowest BCUT2D eigenvalue weighted by atomic mass is 9.78. The van der Waals surface area contributed by atoms with Gasteiger partial charge in [-0.2, -0.15) is 0 Å². The molecular weight excluding hydrogens is 424 g/mol. The van der Waals surface area contributed by atoms with E-state index in [1.54, 1.807) is 11.9 Å². The molecule has 0 bridgehead atoms. The third-order valence-electron chi connectivity index (χ3n) is 6.15. The lowest BCUT2D eigenvalue weighted by Gasteiger charge is -2.31. The highest BCUT2D eigenvalue weighted by Crippen LogP contribution is 2.48. The molecule has 32 heavy (non-hydrogen) atoms. The van der Waals surface area contributed by atoms with Crippen LogP contribution in [-0.4, -0.2) is 37.4 Å². The molecule has 0 saturated heterocycles. The van der Waals surface area contributed by atoms with Crippen LogP contribution in [-0.2, 0) is 4.74 Å². The van der Waals surface area contributed by atoms with Crippen LogP contribution < -0.4 is 10.1 Å². The Morgan fingerprint density at radius 1 is 1.12 bits per heavy atom. The zero-order chi connectivity index (χ0) is 23.3. The molecule has 5 nitrogen and oxygen atoms in total. The second-order valence-corrected chi connectivity index (χ2v) is 9.23. The molecule has 1 heterocycles. The summed E-state index contributed by atoms with van der Waals surface area (Å²) in [5, 5.41) is 4.23. The van der Waals surface area contributed by atoms with Crippen molar-refractivity contribution in [3.8, 4) is 11.5 Å². The molecule has 1 N–H and O–H groups in total. The number of nitrogens with zero attached hydrogens (tertiary/aromatic N) is 1. The molecule has 0 radical (unpaired) electrons. The average molecular weight is 459 g/mol. The van der Waals surface area contributed by atoms with Gasteiger partial charge in [0.25, 0.3) is 0 Å². The quantitative estimate of drug-likeness (QED) is 0.443. The molecule has 1 amide bonds. The van der Waals surface area contributed by atoms with Gasteiger partial charge in [-0.3, -0.25) is 5.32 Å². The van der Waals surface area contributed by atoms with Crippen LogP contribution in [0, 0.1) is 5.92 Å². The third kappa shape index (κ3) is 5.57. The lowest BCUT2D eigenvalue weighted by Crippen LogP contribution is -2.43. The Labute approximate surface area is 197 Å². The number of hydrogen-bond donors (Lipinski definition) is 1. The van der Waals surface area contributed by atoms with Crippen LogP contribution >= 0.6 is 11.6 Å². The number of rotatable bonds is 8. The molecule has 6 heteroatoms. The highest BCUT2D eigenvalue weighted by atomic mass is 35.5. The molecule has 0 fully saturated rings. The van der Waals surface area contributed by atoms with E-state index in [9.17, 15) is 4.79 Å². The first-order valence-electron chi connectivity index (χ1n) is 11.6. The van der Waals surface area contributed by atoms with Gasteiger partial charge < -0.3 is 14.4 Å². The molecule has 0 spiro atoms. The fourth-order valence-electron chi connectivity index (χ4n) is 4.24. The minimum Gasteiger partial charge on any atom is -0.457 e. The maximum absolute atomic E-state index is 12.4. The second-order valence-electron chi connectivity index (χ2n) is 8.79. The van der Waals surface area contributed by atoms with Crippen molar-refractivity contribution < 1.29 is 14.3 Å². The number of carbonyl (C=O) groups excluding carboxylic acids is 1. The Balaban J connectivity index is 1.94. The van der Waals surface area contributed by atoms with Gasteiger partial charge in [0.2, 0.25) is 0 Å². The monoisotopic (exact) mass is 458 g/mol. The van der Waals surface area contributed by atoms with Crippen molar-refractivity contribution in [2.75, 3.05) is 20.1 Å². The molecule has 2 aromatic rings. The molecule has 1 aliphatic heterocycles. The minimum absolute atomic E-state index is 0.121. The van der Waals surface area contributed by atoms with Gasteiger partial charge in [-0.1, -0.05) is 57.0 Å². The van der Waals surface area contributed by atoms with Gasteiger partial charge in [0.05, 0.1) is 0 Å². The maximum Gasteiger partial charge on any atom is 0.411 e. The Hall–Kier alpha value is -2.24. The van der Waals surface area contributed by atoms with Gasteiger partial charge >= 0.3 is 6.09 Å². The fraction of sp³-hybridized carbons (Fsp3) is 0.500. The van der Waals surface area contributed by atoms with Crippen molar-refractivity contribution in [3.05, 3.63) is 58.6 Å². The van der Waals surface area contributed by atoms with Crippen LogP contribution in [0.5, 0.6) is 11.5 Å². The van der Waals surface area contributed by atoms with E-state index in [4.69, 9.17) is 21.1 Å². The molecule has 0 saturated carbocycles. The van der Waals surface area contributed by atoms with Crippen LogP contribution in [0.15, 0.2) is 42.5 Å².